The van der Waals surface area contributed by atoms with Crippen LogP contribution in [-0.2, 0) is 16.0 Å². The summed E-state index contributed by atoms with van der Waals surface area (Å²) in [6, 6.07) is 12.7. The standard InChI is InChI=1S/C25H28F2N2O3/c1-25(2,3)28-13-20(19-10-9-17(26)12-22(19)27)21(14-28)23(30)29-18(15-32-24(29)31)11-16-7-5-4-6-8-16/h4-10,12,18,20-21H,11,13-15H2,1-3H3/t18?,20-,21+/m0/s1. The van der Waals surface area contributed by atoms with Gasteiger partial charge in [-0.1, -0.05) is 36.4 Å². The van der Waals surface area contributed by atoms with Gasteiger partial charge in [-0.3, -0.25) is 9.69 Å². The summed E-state index contributed by atoms with van der Waals surface area (Å²) in [6.07, 6.45) is -0.174. The number of nitrogens with zero attached hydrogens (tertiary/aromatic N) is 2. The lowest BCUT2D eigenvalue weighted by Gasteiger charge is -2.32. The van der Waals surface area contributed by atoms with E-state index in [-0.39, 0.29) is 18.1 Å². The lowest BCUT2D eigenvalue weighted by atomic mass is 9.87. The predicted molar refractivity (Wildman–Crippen MR) is 116 cm³/mol. The molecule has 2 saturated heterocycles. The number of cyclic esters (lactones) is 1. The number of carbonyl (C=O) groups excluding carboxylic acids is 2. The van der Waals surface area contributed by atoms with E-state index >= 15 is 0 Å². The first-order chi connectivity index (χ1) is 15.1. The smallest absolute Gasteiger partial charge is 0.416 e. The molecule has 7 heteroatoms. The average molecular weight is 443 g/mol. The van der Waals surface area contributed by atoms with Crippen LogP contribution in [0.3, 0.4) is 0 Å². The molecular formula is C25H28F2N2O3. The molecule has 0 saturated carbocycles. The van der Waals surface area contributed by atoms with Crippen LogP contribution in [0.5, 0.6) is 0 Å². The van der Waals surface area contributed by atoms with Gasteiger partial charge in [0.25, 0.3) is 0 Å². The van der Waals surface area contributed by atoms with Crippen LogP contribution < -0.4 is 0 Å². The fourth-order valence-corrected chi connectivity index (χ4v) is 4.66. The minimum absolute atomic E-state index is 0.130. The Bertz CT molecular complexity index is 1010. The van der Waals surface area contributed by atoms with Gasteiger partial charge in [0.2, 0.25) is 5.91 Å². The molecule has 2 aliphatic rings. The van der Waals surface area contributed by atoms with Crippen LogP contribution in [0, 0.1) is 17.6 Å². The molecule has 0 bridgehead atoms. The Kier molecular flexibility index (Phi) is 6.03. The van der Waals surface area contributed by atoms with Crippen molar-refractivity contribution in [3.63, 3.8) is 0 Å². The lowest BCUT2D eigenvalue weighted by molar-refractivity contribution is -0.133. The topological polar surface area (TPSA) is 49.9 Å². The number of likely N-dealkylation sites (tertiary alicyclic amines) is 1. The van der Waals surface area contributed by atoms with Crippen molar-refractivity contribution < 1.29 is 23.1 Å². The summed E-state index contributed by atoms with van der Waals surface area (Å²) in [4.78, 5) is 29.6. The lowest BCUT2D eigenvalue weighted by Crippen LogP contribution is -2.46. The highest BCUT2D eigenvalue weighted by Gasteiger charge is 2.48. The Morgan fingerprint density at radius 2 is 1.81 bits per heavy atom. The van der Waals surface area contributed by atoms with Gasteiger partial charge < -0.3 is 4.74 Å². The van der Waals surface area contributed by atoms with E-state index in [2.05, 4.69) is 4.90 Å². The Balaban J connectivity index is 1.64. The van der Waals surface area contributed by atoms with E-state index in [9.17, 15) is 18.4 Å². The summed E-state index contributed by atoms with van der Waals surface area (Å²) < 4.78 is 33.5. The van der Waals surface area contributed by atoms with Gasteiger partial charge in [0.05, 0.1) is 12.0 Å². The van der Waals surface area contributed by atoms with Crippen molar-refractivity contribution in [1.82, 2.24) is 9.80 Å². The first-order valence-corrected chi connectivity index (χ1v) is 10.9. The highest BCUT2D eigenvalue weighted by atomic mass is 19.1. The number of carbonyl (C=O) groups is 2. The molecule has 2 aromatic carbocycles. The zero-order valence-corrected chi connectivity index (χ0v) is 18.6. The zero-order chi connectivity index (χ0) is 23.0. The quantitative estimate of drug-likeness (QED) is 0.706. The average Bonchev–Trinajstić information content (AvgIpc) is 3.33. The number of rotatable bonds is 4. The highest BCUT2D eigenvalue weighted by Crippen LogP contribution is 2.39. The summed E-state index contributed by atoms with van der Waals surface area (Å²) in [5.41, 5.74) is 1.04. The first-order valence-electron chi connectivity index (χ1n) is 10.9. The number of benzene rings is 2. The monoisotopic (exact) mass is 442 g/mol. The maximum absolute atomic E-state index is 14.7. The van der Waals surface area contributed by atoms with Crippen molar-refractivity contribution >= 4 is 12.0 Å². The molecule has 1 unspecified atom stereocenters. The molecule has 2 fully saturated rings. The third-order valence-electron chi connectivity index (χ3n) is 6.46. The molecule has 0 radical (unpaired) electrons. The van der Waals surface area contributed by atoms with Gasteiger partial charge >= 0.3 is 6.09 Å². The molecule has 0 aromatic heterocycles. The molecule has 0 spiro atoms. The molecule has 2 amide bonds. The van der Waals surface area contributed by atoms with Crippen LogP contribution in [0.2, 0.25) is 0 Å². The Labute approximate surface area is 187 Å². The maximum Gasteiger partial charge on any atom is 0.416 e. The predicted octanol–water partition coefficient (Wildman–Crippen LogP) is 4.37. The molecule has 4 rings (SSSR count). The number of hydrogen-bond acceptors (Lipinski definition) is 4. The SMILES string of the molecule is CC(C)(C)N1C[C@@H](C(=O)N2C(=O)OCC2Cc2ccccc2)[C@H](c2ccc(F)cc2F)C1. The van der Waals surface area contributed by atoms with E-state index in [4.69, 9.17) is 4.74 Å². The third-order valence-corrected chi connectivity index (χ3v) is 6.46. The van der Waals surface area contributed by atoms with E-state index in [0.29, 0.717) is 25.1 Å². The Morgan fingerprint density at radius 3 is 2.47 bits per heavy atom. The molecule has 170 valence electrons. The molecule has 2 aliphatic heterocycles. The van der Waals surface area contributed by atoms with Crippen LogP contribution in [0.15, 0.2) is 48.5 Å². The molecule has 32 heavy (non-hydrogen) atoms. The second kappa shape index (κ2) is 8.62. The van der Waals surface area contributed by atoms with Crippen molar-refractivity contribution in [3.8, 4) is 0 Å². The fourth-order valence-electron chi connectivity index (χ4n) is 4.66. The van der Waals surface area contributed by atoms with Crippen LogP contribution in [0.1, 0.15) is 37.8 Å². The summed E-state index contributed by atoms with van der Waals surface area (Å²) in [5.74, 6) is -2.83. The molecule has 0 aliphatic carbocycles. The maximum atomic E-state index is 14.7. The van der Waals surface area contributed by atoms with E-state index in [1.165, 1.54) is 17.0 Å². The largest absolute Gasteiger partial charge is 0.447 e. The van der Waals surface area contributed by atoms with Crippen LogP contribution in [0.4, 0.5) is 13.6 Å². The van der Waals surface area contributed by atoms with E-state index in [0.717, 1.165) is 11.6 Å². The second-order valence-electron chi connectivity index (χ2n) is 9.58. The minimum atomic E-state index is -0.673. The number of ether oxygens (including phenoxy) is 1. The first kappa shape index (κ1) is 22.4. The summed E-state index contributed by atoms with van der Waals surface area (Å²) in [6.45, 7) is 7.03. The molecule has 5 nitrogen and oxygen atoms in total. The van der Waals surface area contributed by atoms with Crippen LogP contribution >= 0.6 is 0 Å². The van der Waals surface area contributed by atoms with E-state index in [1.807, 2.05) is 51.1 Å². The van der Waals surface area contributed by atoms with Gasteiger partial charge in [-0.25, -0.2) is 18.5 Å². The van der Waals surface area contributed by atoms with Crippen molar-refractivity contribution in [2.75, 3.05) is 19.7 Å². The second-order valence-corrected chi connectivity index (χ2v) is 9.58. The van der Waals surface area contributed by atoms with Gasteiger partial charge in [-0.05, 0) is 44.4 Å². The van der Waals surface area contributed by atoms with Gasteiger partial charge in [-0.2, -0.15) is 0 Å². The van der Waals surface area contributed by atoms with Crippen molar-refractivity contribution in [3.05, 3.63) is 71.3 Å². The molecule has 2 aromatic rings. The Morgan fingerprint density at radius 1 is 1.09 bits per heavy atom. The number of hydrogen-bond donors (Lipinski definition) is 0. The summed E-state index contributed by atoms with van der Waals surface area (Å²) in [5, 5.41) is 0. The fraction of sp³-hybridized carbons (Fsp3) is 0.440. The van der Waals surface area contributed by atoms with Gasteiger partial charge in [-0.15, -0.1) is 0 Å². The Hall–Kier alpha value is -2.80. The molecule has 2 heterocycles. The summed E-state index contributed by atoms with van der Waals surface area (Å²) in [7, 11) is 0. The normalized spacial score (nSPS) is 24.1. The van der Waals surface area contributed by atoms with Crippen LogP contribution in [0.25, 0.3) is 0 Å². The molecular weight excluding hydrogens is 414 g/mol. The van der Waals surface area contributed by atoms with E-state index < -0.39 is 35.6 Å². The summed E-state index contributed by atoms with van der Waals surface area (Å²) >= 11 is 0. The van der Waals surface area contributed by atoms with Crippen molar-refractivity contribution in [1.29, 1.82) is 0 Å². The van der Waals surface area contributed by atoms with Gasteiger partial charge in [0.1, 0.15) is 18.2 Å². The van der Waals surface area contributed by atoms with Crippen molar-refractivity contribution in [2.24, 2.45) is 5.92 Å². The number of imide groups is 1. The number of amides is 2. The molecule has 0 N–H and O–H groups in total. The van der Waals surface area contributed by atoms with Crippen LogP contribution in [-0.4, -0.2) is 53.1 Å². The minimum Gasteiger partial charge on any atom is -0.447 e. The highest BCUT2D eigenvalue weighted by molar-refractivity contribution is 5.95. The third kappa shape index (κ3) is 4.39. The zero-order valence-electron chi connectivity index (χ0n) is 18.6. The molecule has 3 atom stereocenters. The van der Waals surface area contributed by atoms with E-state index in [1.54, 1.807) is 0 Å². The van der Waals surface area contributed by atoms with Gasteiger partial charge in [0.15, 0.2) is 0 Å². The van der Waals surface area contributed by atoms with Crippen molar-refractivity contribution in [2.45, 2.75) is 44.7 Å². The number of halogens is 2. The van der Waals surface area contributed by atoms with Gasteiger partial charge in [0, 0.05) is 30.6 Å².